The van der Waals surface area contributed by atoms with Crippen LogP contribution in [0.25, 0.3) is 0 Å². The molecule has 2 amide bonds. The molecule has 2 fully saturated rings. The standard InChI is InChI=1S/C19H25FN2O2S/c1-25-12-7-17(23)22-11-9-19(14-22)8-2-10-21(18(19)24)13-15-3-5-16(20)6-4-15/h3-6H,2,7-14H2,1H3/t19-/m0/s1. The lowest BCUT2D eigenvalue weighted by atomic mass is 9.78. The van der Waals surface area contributed by atoms with E-state index in [1.165, 1.54) is 12.1 Å². The summed E-state index contributed by atoms with van der Waals surface area (Å²) in [6.07, 6.45) is 5.12. The van der Waals surface area contributed by atoms with Gasteiger partial charge in [-0.25, -0.2) is 4.39 Å². The minimum atomic E-state index is -0.409. The van der Waals surface area contributed by atoms with Crippen LogP contribution in [-0.2, 0) is 16.1 Å². The van der Waals surface area contributed by atoms with Gasteiger partial charge in [-0.1, -0.05) is 12.1 Å². The van der Waals surface area contributed by atoms with Gasteiger partial charge in [-0.05, 0) is 43.2 Å². The van der Waals surface area contributed by atoms with Crippen molar-refractivity contribution in [2.45, 2.75) is 32.2 Å². The molecule has 0 aromatic heterocycles. The molecule has 2 aliphatic rings. The fraction of sp³-hybridized carbons (Fsp3) is 0.579. The summed E-state index contributed by atoms with van der Waals surface area (Å²) < 4.78 is 13.1. The quantitative estimate of drug-likeness (QED) is 0.807. The van der Waals surface area contributed by atoms with Gasteiger partial charge in [-0.2, -0.15) is 11.8 Å². The highest BCUT2D eigenvalue weighted by Crippen LogP contribution is 2.40. The van der Waals surface area contributed by atoms with Crippen LogP contribution in [-0.4, -0.2) is 53.3 Å². The number of rotatable bonds is 5. The van der Waals surface area contributed by atoms with Crippen molar-refractivity contribution >= 4 is 23.6 Å². The summed E-state index contributed by atoms with van der Waals surface area (Å²) in [7, 11) is 0. The van der Waals surface area contributed by atoms with Crippen molar-refractivity contribution in [2.24, 2.45) is 5.41 Å². The molecule has 2 heterocycles. The molecule has 1 atom stereocenters. The second-order valence-corrected chi connectivity index (χ2v) is 8.03. The molecule has 0 bridgehead atoms. The Hall–Kier alpha value is -1.56. The summed E-state index contributed by atoms with van der Waals surface area (Å²) in [5.41, 5.74) is 0.533. The Labute approximate surface area is 152 Å². The van der Waals surface area contributed by atoms with E-state index in [1.54, 1.807) is 23.9 Å². The van der Waals surface area contributed by atoms with Crippen molar-refractivity contribution < 1.29 is 14.0 Å². The van der Waals surface area contributed by atoms with E-state index in [1.807, 2.05) is 16.1 Å². The molecule has 1 aromatic rings. The van der Waals surface area contributed by atoms with E-state index < -0.39 is 5.41 Å². The van der Waals surface area contributed by atoms with Crippen LogP contribution in [0.3, 0.4) is 0 Å². The largest absolute Gasteiger partial charge is 0.342 e. The zero-order chi connectivity index (χ0) is 17.9. The van der Waals surface area contributed by atoms with Crippen molar-refractivity contribution in [3.05, 3.63) is 35.6 Å². The molecule has 0 saturated carbocycles. The maximum absolute atomic E-state index is 13.1. The Morgan fingerprint density at radius 3 is 2.72 bits per heavy atom. The van der Waals surface area contributed by atoms with Gasteiger partial charge < -0.3 is 9.80 Å². The number of halogens is 1. The topological polar surface area (TPSA) is 40.6 Å². The Balaban J connectivity index is 1.65. The first kappa shape index (κ1) is 18.2. The molecule has 2 saturated heterocycles. The minimum absolute atomic E-state index is 0.156. The molecule has 136 valence electrons. The van der Waals surface area contributed by atoms with Crippen molar-refractivity contribution in [2.75, 3.05) is 31.6 Å². The molecule has 4 nitrogen and oxygen atoms in total. The summed E-state index contributed by atoms with van der Waals surface area (Å²) >= 11 is 1.67. The molecule has 0 N–H and O–H groups in total. The Morgan fingerprint density at radius 1 is 1.24 bits per heavy atom. The zero-order valence-corrected chi connectivity index (χ0v) is 15.5. The fourth-order valence-corrected chi connectivity index (χ4v) is 4.30. The molecule has 1 aromatic carbocycles. The number of carbonyl (C=O) groups is 2. The average molecular weight is 364 g/mol. The summed E-state index contributed by atoms with van der Waals surface area (Å²) in [5, 5.41) is 0. The first-order valence-corrected chi connectivity index (χ1v) is 10.2. The summed E-state index contributed by atoms with van der Waals surface area (Å²) in [6.45, 7) is 2.49. The maximum Gasteiger partial charge on any atom is 0.230 e. The van der Waals surface area contributed by atoms with Crippen LogP contribution < -0.4 is 0 Å². The van der Waals surface area contributed by atoms with Crippen LogP contribution in [0.4, 0.5) is 4.39 Å². The molecule has 6 heteroatoms. The third kappa shape index (κ3) is 4.00. The van der Waals surface area contributed by atoms with Gasteiger partial charge in [0.2, 0.25) is 11.8 Å². The van der Waals surface area contributed by atoms with E-state index in [4.69, 9.17) is 0 Å². The maximum atomic E-state index is 13.1. The lowest BCUT2D eigenvalue weighted by Gasteiger charge is -2.39. The molecular weight excluding hydrogens is 339 g/mol. The van der Waals surface area contributed by atoms with Crippen molar-refractivity contribution in [3.63, 3.8) is 0 Å². The molecule has 0 radical (unpaired) electrons. The second kappa shape index (κ2) is 7.77. The minimum Gasteiger partial charge on any atom is -0.342 e. The fourth-order valence-electron chi connectivity index (χ4n) is 3.92. The molecule has 25 heavy (non-hydrogen) atoms. The SMILES string of the molecule is CSCCC(=O)N1CC[C@@]2(CCCN(Cc3ccc(F)cc3)C2=O)C1. The molecule has 0 unspecified atom stereocenters. The van der Waals surface area contributed by atoms with Gasteiger partial charge in [0.1, 0.15) is 5.82 Å². The monoisotopic (exact) mass is 364 g/mol. The van der Waals surface area contributed by atoms with Crippen molar-refractivity contribution in [3.8, 4) is 0 Å². The number of thioether (sulfide) groups is 1. The number of benzene rings is 1. The van der Waals surface area contributed by atoms with E-state index in [0.29, 0.717) is 26.1 Å². The van der Waals surface area contributed by atoms with Crippen molar-refractivity contribution in [1.29, 1.82) is 0 Å². The van der Waals surface area contributed by atoms with Gasteiger partial charge in [-0.15, -0.1) is 0 Å². The summed E-state index contributed by atoms with van der Waals surface area (Å²) in [6, 6.07) is 6.33. The van der Waals surface area contributed by atoms with Gasteiger partial charge in [0, 0.05) is 38.4 Å². The highest BCUT2D eigenvalue weighted by molar-refractivity contribution is 7.98. The third-order valence-corrected chi connectivity index (χ3v) is 5.95. The van der Waals surface area contributed by atoms with E-state index in [-0.39, 0.29) is 17.6 Å². The van der Waals surface area contributed by atoms with Crippen molar-refractivity contribution in [1.82, 2.24) is 9.80 Å². The first-order valence-electron chi connectivity index (χ1n) is 8.85. The van der Waals surface area contributed by atoms with Crippen LogP contribution in [0.2, 0.25) is 0 Å². The predicted octanol–water partition coefficient (Wildman–Crippen LogP) is 2.92. The van der Waals surface area contributed by atoms with Gasteiger partial charge >= 0.3 is 0 Å². The predicted molar refractivity (Wildman–Crippen MR) is 97.7 cm³/mol. The van der Waals surface area contributed by atoms with E-state index in [9.17, 15) is 14.0 Å². The molecule has 0 aliphatic carbocycles. The lowest BCUT2D eigenvalue weighted by molar-refractivity contribution is -0.146. The highest BCUT2D eigenvalue weighted by Gasteiger charge is 2.49. The number of carbonyl (C=O) groups excluding carboxylic acids is 2. The zero-order valence-electron chi connectivity index (χ0n) is 14.7. The molecular formula is C19H25FN2O2S. The van der Waals surface area contributed by atoms with Crippen LogP contribution >= 0.6 is 11.8 Å². The van der Waals surface area contributed by atoms with E-state index in [2.05, 4.69) is 0 Å². The first-order chi connectivity index (χ1) is 12.0. The summed E-state index contributed by atoms with van der Waals surface area (Å²) in [5.74, 6) is 0.880. The second-order valence-electron chi connectivity index (χ2n) is 7.05. The Kier molecular flexibility index (Phi) is 5.67. The number of likely N-dealkylation sites (tertiary alicyclic amines) is 2. The van der Waals surface area contributed by atoms with Gasteiger partial charge in [0.05, 0.1) is 5.41 Å². The number of nitrogens with zero attached hydrogens (tertiary/aromatic N) is 2. The van der Waals surface area contributed by atoms with Gasteiger partial charge in [-0.3, -0.25) is 9.59 Å². The normalized spacial score (nSPS) is 23.5. The Bertz CT molecular complexity index is 637. The number of hydrogen-bond donors (Lipinski definition) is 0. The lowest BCUT2D eigenvalue weighted by Crippen LogP contribution is -2.50. The van der Waals surface area contributed by atoms with Crippen LogP contribution in [0.5, 0.6) is 0 Å². The number of hydrogen-bond acceptors (Lipinski definition) is 3. The smallest absolute Gasteiger partial charge is 0.230 e. The van der Waals surface area contributed by atoms with Crippen LogP contribution in [0.1, 0.15) is 31.2 Å². The van der Waals surface area contributed by atoms with Crippen LogP contribution in [0, 0.1) is 11.2 Å². The molecule has 2 aliphatic heterocycles. The highest BCUT2D eigenvalue weighted by atomic mass is 32.2. The number of amides is 2. The Morgan fingerprint density at radius 2 is 2.00 bits per heavy atom. The van der Waals surface area contributed by atoms with Crippen LogP contribution in [0.15, 0.2) is 24.3 Å². The third-order valence-electron chi connectivity index (χ3n) is 5.34. The van der Waals surface area contributed by atoms with E-state index >= 15 is 0 Å². The number of piperidine rings is 1. The average Bonchev–Trinajstić information content (AvgIpc) is 3.04. The van der Waals surface area contributed by atoms with Gasteiger partial charge in [0.15, 0.2) is 0 Å². The molecule has 1 spiro atoms. The van der Waals surface area contributed by atoms with E-state index in [0.717, 1.165) is 37.1 Å². The summed E-state index contributed by atoms with van der Waals surface area (Å²) in [4.78, 5) is 29.2. The molecule has 3 rings (SSSR count). The van der Waals surface area contributed by atoms with Gasteiger partial charge in [0.25, 0.3) is 0 Å².